The molecule has 1 unspecified atom stereocenters. The van der Waals surface area contributed by atoms with Gasteiger partial charge in [0.15, 0.2) is 0 Å². The SMILES string of the molecule is CCN1C(=O)CC(c2cccc(C)c2C(=O)Nc2cccc3cccnc23)C1=O. The number of nitrogens with zero attached hydrogens (tertiary/aromatic N) is 2. The number of amides is 3. The highest BCUT2D eigenvalue weighted by atomic mass is 16.2. The lowest BCUT2D eigenvalue weighted by Crippen LogP contribution is -2.30. The Balaban J connectivity index is 1.73. The Labute approximate surface area is 168 Å². The molecule has 3 aromatic rings. The van der Waals surface area contributed by atoms with Gasteiger partial charge in [-0.15, -0.1) is 0 Å². The molecule has 1 N–H and O–H groups in total. The van der Waals surface area contributed by atoms with Crippen LogP contribution in [0, 0.1) is 6.92 Å². The Kier molecular flexibility index (Phi) is 4.84. The number of hydrogen-bond donors (Lipinski definition) is 1. The maximum absolute atomic E-state index is 13.2. The summed E-state index contributed by atoms with van der Waals surface area (Å²) in [5.41, 5.74) is 3.08. The summed E-state index contributed by atoms with van der Waals surface area (Å²) in [6.45, 7) is 3.94. The van der Waals surface area contributed by atoms with Gasteiger partial charge in [-0.2, -0.15) is 0 Å². The van der Waals surface area contributed by atoms with E-state index in [2.05, 4.69) is 10.3 Å². The molecule has 1 atom stereocenters. The van der Waals surface area contributed by atoms with Crippen LogP contribution in [0.5, 0.6) is 0 Å². The van der Waals surface area contributed by atoms with E-state index in [1.807, 2.05) is 43.3 Å². The minimum atomic E-state index is -0.631. The molecule has 3 amide bonds. The average Bonchev–Trinajstić information content (AvgIpc) is 3.01. The Morgan fingerprint density at radius 1 is 1.14 bits per heavy atom. The third-order valence-electron chi connectivity index (χ3n) is 5.35. The van der Waals surface area contributed by atoms with Crippen LogP contribution in [0.4, 0.5) is 5.69 Å². The van der Waals surface area contributed by atoms with Crippen LogP contribution in [0.25, 0.3) is 10.9 Å². The first-order valence-corrected chi connectivity index (χ1v) is 9.60. The number of rotatable bonds is 4. The highest BCUT2D eigenvalue weighted by Gasteiger charge is 2.40. The first-order chi connectivity index (χ1) is 14.0. The number of hydrogen-bond acceptors (Lipinski definition) is 4. The summed E-state index contributed by atoms with van der Waals surface area (Å²) in [6.07, 6.45) is 1.77. The number of nitrogens with one attached hydrogen (secondary N) is 1. The van der Waals surface area contributed by atoms with Crippen molar-refractivity contribution in [2.75, 3.05) is 11.9 Å². The molecule has 1 aliphatic heterocycles. The number of aryl methyl sites for hydroxylation is 1. The number of carbonyl (C=O) groups excluding carboxylic acids is 3. The predicted molar refractivity (Wildman–Crippen MR) is 111 cm³/mol. The first-order valence-electron chi connectivity index (χ1n) is 9.60. The van der Waals surface area contributed by atoms with Crippen LogP contribution in [-0.4, -0.2) is 34.2 Å². The predicted octanol–water partition coefficient (Wildman–Crippen LogP) is 3.66. The van der Waals surface area contributed by atoms with Crippen molar-refractivity contribution in [3.63, 3.8) is 0 Å². The molecule has 4 rings (SSSR count). The summed E-state index contributed by atoms with van der Waals surface area (Å²) in [6, 6.07) is 14.8. The van der Waals surface area contributed by atoms with Gasteiger partial charge in [0.2, 0.25) is 11.8 Å². The standard InChI is InChI=1S/C23H21N3O3/c1-3-26-19(27)13-17(23(26)29)16-10-4-7-14(2)20(16)22(28)25-18-11-5-8-15-9-6-12-24-21(15)18/h4-12,17H,3,13H2,1-2H3,(H,25,28). The smallest absolute Gasteiger partial charge is 0.256 e. The Morgan fingerprint density at radius 2 is 1.90 bits per heavy atom. The maximum atomic E-state index is 13.2. The fourth-order valence-electron chi connectivity index (χ4n) is 3.94. The molecule has 6 heteroatoms. The first kappa shape index (κ1) is 18.8. The minimum absolute atomic E-state index is 0.0895. The van der Waals surface area contributed by atoms with E-state index < -0.39 is 5.92 Å². The van der Waals surface area contributed by atoms with Gasteiger partial charge in [0.25, 0.3) is 5.91 Å². The van der Waals surface area contributed by atoms with E-state index in [4.69, 9.17) is 0 Å². The third-order valence-corrected chi connectivity index (χ3v) is 5.35. The highest BCUT2D eigenvalue weighted by Crippen LogP contribution is 2.33. The second-order valence-electron chi connectivity index (χ2n) is 7.11. The van der Waals surface area contributed by atoms with Crippen LogP contribution in [0.1, 0.15) is 40.7 Å². The molecular weight excluding hydrogens is 366 g/mol. The molecule has 0 saturated carbocycles. The van der Waals surface area contributed by atoms with Crippen molar-refractivity contribution >= 4 is 34.3 Å². The van der Waals surface area contributed by atoms with Crippen molar-refractivity contribution in [1.29, 1.82) is 0 Å². The second kappa shape index (κ2) is 7.47. The Morgan fingerprint density at radius 3 is 2.66 bits per heavy atom. The van der Waals surface area contributed by atoms with Gasteiger partial charge in [-0.1, -0.05) is 36.4 Å². The Hall–Kier alpha value is -3.54. The summed E-state index contributed by atoms with van der Waals surface area (Å²) in [5, 5.41) is 3.87. The van der Waals surface area contributed by atoms with Crippen LogP contribution < -0.4 is 5.32 Å². The molecule has 0 spiro atoms. The molecule has 146 valence electrons. The van der Waals surface area contributed by atoms with E-state index in [0.29, 0.717) is 28.9 Å². The quantitative estimate of drug-likeness (QED) is 0.693. The van der Waals surface area contributed by atoms with Gasteiger partial charge >= 0.3 is 0 Å². The zero-order valence-electron chi connectivity index (χ0n) is 16.3. The van der Waals surface area contributed by atoms with Crippen molar-refractivity contribution in [2.45, 2.75) is 26.2 Å². The van der Waals surface area contributed by atoms with Crippen molar-refractivity contribution < 1.29 is 14.4 Å². The average molecular weight is 387 g/mol. The lowest BCUT2D eigenvalue weighted by atomic mass is 9.89. The fraction of sp³-hybridized carbons (Fsp3) is 0.217. The van der Waals surface area contributed by atoms with Crippen molar-refractivity contribution in [3.8, 4) is 0 Å². The van der Waals surface area contributed by atoms with Gasteiger partial charge in [0.05, 0.1) is 17.1 Å². The van der Waals surface area contributed by atoms with E-state index in [1.165, 1.54) is 4.90 Å². The number of carbonyl (C=O) groups is 3. The number of fused-ring (bicyclic) bond motifs is 1. The van der Waals surface area contributed by atoms with Crippen LogP contribution in [0.3, 0.4) is 0 Å². The van der Waals surface area contributed by atoms with Gasteiger partial charge in [-0.25, -0.2) is 0 Å². The summed E-state index contributed by atoms with van der Waals surface area (Å²) >= 11 is 0. The fourth-order valence-corrected chi connectivity index (χ4v) is 3.94. The van der Waals surface area contributed by atoms with E-state index >= 15 is 0 Å². The number of pyridine rings is 1. The molecular formula is C23H21N3O3. The van der Waals surface area contributed by atoms with Crippen molar-refractivity contribution in [3.05, 3.63) is 71.4 Å². The molecule has 1 fully saturated rings. The summed E-state index contributed by atoms with van der Waals surface area (Å²) in [5.74, 6) is -1.39. The lowest BCUT2D eigenvalue weighted by Gasteiger charge is -2.17. The molecule has 1 aliphatic rings. The van der Waals surface area contributed by atoms with E-state index in [1.54, 1.807) is 25.3 Å². The van der Waals surface area contributed by atoms with Gasteiger partial charge in [-0.05, 0) is 37.1 Å². The van der Waals surface area contributed by atoms with E-state index in [0.717, 1.165) is 10.9 Å². The Bertz CT molecular complexity index is 1130. The normalized spacial score (nSPS) is 16.5. The van der Waals surface area contributed by atoms with Crippen LogP contribution in [0.2, 0.25) is 0 Å². The number of aromatic nitrogens is 1. The van der Waals surface area contributed by atoms with Gasteiger partial charge < -0.3 is 5.32 Å². The number of imide groups is 1. The number of likely N-dealkylation sites (N-methyl/N-ethyl adjacent to an activating group) is 1. The highest BCUT2D eigenvalue weighted by molar-refractivity contribution is 6.12. The lowest BCUT2D eigenvalue weighted by molar-refractivity contribution is -0.138. The number of likely N-dealkylation sites (tertiary alicyclic amines) is 1. The number of anilines is 1. The molecule has 0 radical (unpaired) electrons. The van der Waals surface area contributed by atoms with Gasteiger partial charge in [-0.3, -0.25) is 24.3 Å². The zero-order chi connectivity index (χ0) is 20.5. The summed E-state index contributed by atoms with van der Waals surface area (Å²) in [7, 11) is 0. The van der Waals surface area contributed by atoms with E-state index in [9.17, 15) is 14.4 Å². The monoisotopic (exact) mass is 387 g/mol. The molecule has 0 aliphatic carbocycles. The topological polar surface area (TPSA) is 79.4 Å². The van der Waals surface area contributed by atoms with Crippen molar-refractivity contribution in [1.82, 2.24) is 9.88 Å². The molecule has 0 bridgehead atoms. The second-order valence-corrected chi connectivity index (χ2v) is 7.11. The molecule has 2 heterocycles. The molecule has 1 aromatic heterocycles. The minimum Gasteiger partial charge on any atom is -0.320 e. The summed E-state index contributed by atoms with van der Waals surface area (Å²) in [4.78, 5) is 43.8. The molecule has 1 saturated heterocycles. The van der Waals surface area contributed by atoms with Gasteiger partial charge in [0.1, 0.15) is 0 Å². The number of para-hydroxylation sites is 1. The van der Waals surface area contributed by atoms with E-state index in [-0.39, 0.29) is 24.1 Å². The van der Waals surface area contributed by atoms with Crippen LogP contribution in [-0.2, 0) is 9.59 Å². The number of benzene rings is 2. The van der Waals surface area contributed by atoms with Crippen LogP contribution in [0.15, 0.2) is 54.7 Å². The molecule has 6 nitrogen and oxygen atoms in total. The van der Waals surface area contributed by atoms with Crippen LogP contribution >= 0.6 is 0 Å². The van der Waals surface area contributed by atoms with Crippen molar-refractivity contribution in [2.24, 2.45) is 0 Å². The summed E-state index contributed by atoms with van der Waals surface area (Å²) < 4.78 is 0. The van der Waals surface area contributed by atoms with Gasteiger partial charge in [0, 0.05) is 30.1 Å². The molecule has 29 heavy (non-hydrogen) atoms. The zero-order valence-corrected chi connectivity index (χ0v) is 16.3. The molecule has 2 aromatic carbocycles. The third kappa shape index (κ3) is 3.27. The maximum Gasteiger partial charge on any atom is 0.256 e. The largest absolute Gasteiger partial charge is 0.320 e.